The molecule has 8 nitrogen and oxygen atoms in total. The summed E-state index contributed by atoms with van der Waals surface area (Å²) in [6.45, 7) is 8.99. The Labute approximate surface area is 196 Å². The highest BCUT2D eigenvalue weighted by Crippen LogP contribution is 2.38. The molecule has 172 valence electrons. The number of carbonyl (C=O) groups excluding carboxylic acids is 3. The monoisotopic (exact) mass is 481 g/mol. The number of ketones is 1. The average molecular weight is 482 g/mol. The molecule has 2 amide bonds. The van der Waals surface area contributed by atoms with E-state index in [9.17, 15) is 14.4 Å². The molecule has 1 aromatic rings. The first-order valence-corrected chi connectivity index (χ1v) is 10.7. The van der Waals surface area contributed by atoms with Crippen molar-refractivity contribution in [2.45, 2.75) is 41.2 Å². The van der Waals surface area contributed by atoms with E-state index in [1.54, 1.807) is 26.0 Å². The number of benzene rings is 1. The van der Waals surface area contributed by atoms with Gasteiger partial charge in [-0.05, 0) is 43.9 Å². The van der Waals surface area contributed by atoms with E-state index in [0.717, 1.165) is 0 Å². The smallest absolute Gasteiger partial charge is 0.414 e. The Hall–Kier alpha value is -2.71. The number of ether oxygens (including phenoxy) is 2. The van der Waals surface area contributed by atoms with E-state index in [-0.39, 0.29) is 58.8 Å². The molecule has 1 aliphatic rings. The molecule has 0 saturated heterocycles. The first-order valence-electron chi connectivity index (χ1n) is 9.98. The minimum absolute atomic E-state index is 0.00745. The molecule has 0 unspecified atom stereocenters. The maximum atomic E-state index is 12.0. The molecule has 0 atom stereocenters. The highest BCUT2D eigenvalue weighted by atomic mass is 35.5. The van der Waals surface area contributed by atoms with E-state index in [1.807, 2.05) is 13.8 Å². The Kier molecular flexibility index (Phi) is 8.98. The number of hydrogen-bond donors (Lipinski definition) is 1. The van der Waals surface area contributed by atoms with Crippen LogP contribution in [0.5, 0.6) is 5.75 Å². The number of amides is 2. The van der Waals surface area contributed by atoms with Crippen molar-refractivity contribution in [1.29, 1.82) is 0 Å². The molecule has 0 fully saturated rings. The fourth-order valence-corrected chi connectivity index (χ4v) is 3.36. The quantitative estimate of drug-likeness (QED) is 0.602. The number of carbonyl (C=O) groups is 3. The lowest BCUT2D eigenvalue weighted by molar-refractivity contribution is -0.115. The van der Waals surface area contributed by atoms with Crippen LogP contribution in [0.2, 0.25) is 10.0 Å². The standard InChI is InChI=1S/C22H25Cl2N3O5/c1-6-31-22(30)27-21(29)13(5)25-9-14-7-16(23)20(19(24)12(14)4)32-18-8-15(11(2)3)17(28)10-26-18/h7-8,11H,6,9-10H2,1-5H3,(H,27,29,30). The van der Waals surface area contributed by atoms with Crippen molar-refractivity contribution >= 4 is 52.6 Å². The zero-order chi connectivity index (χ0) is 24.0. The van der Waals surface area contributed by atoms with Crippen LogP contribution in [0.4, 0.5) is 4.79 Å². The van der Waals surface area contributed by atoms with Gasteiger partial charge in [-0.3, -0.25) is 19.9 Å². The first-order chi connectivity index (χ1) is 15.0. The Balaban J connectivity index is 2.20. The van der Waals surface area contributed by atoms with Crippen molar-refractivity contribution in [2.24, 2.45) is 15.9 Å². The zero-order valence-electron chi connectivity index (χ0n) is 18.5. The van der Waals surface area contributed by atoms with E-state index < -0.39 is 12.0 Å². The third-order valence-electron chi connectivity index (χ3n) is 4.64. The maximum Gasteiger partial charge on any atom is 0.414 e. The number of rotatable bonds is 6. The van der Waals surface area contributed by atoms with Crippen molar-refractivity contribution < 1.29 is 23.9 Å². The Morgan fingerprint density at radius 2 is 2.00 bits per heavy atom. The lowest BCUT2D eigenvalue weighted by Gasteiger charge is -2.18. The van der Waals surface area contributed by atoms with Gasteiger partial charge in [-0.1, -0.05) is 37.0 Å². The molecule has 0 aromatic heterocycles. The van der Waals surface area contributed by atoms with Crippen LogP contribution in [-0.2, 0) is 20.9 Å². The number of imide groups is 1. The van der Waals surface area contributed by atoms with Gasteiger partial charge in [0.2, 0.25) is 5.90 Å². The summed E-state index contributed by atoms with van der Waals surface area (Å²) in [4.78, 5) is 43.7. The highest BCUT2D eigenvalue weighted by molar-refractivity contribution is 6.40. The van der Waals surface area contributed by atoms with Crippen LogP contribution in [0.1, 0.15) is 38.8 Å². The Bertz CT molecular complexity index is 1030. The predicted octanol–water partition coefficient (Wildman–Crippen LogP) is 4.48. The molecule has 2 rings (SSSR count). The summed E-state index contributed by atoms with van der Waals surface area (Å²) in [7, 11) is 0. The molecule has 10 heteroatoms. The summed E-state index contributed by atoms with van der Waals surface area (Å²) < 4.78 is 10.5. The number of nitrogens with one attached hydrogen (secondary N) is 1. The van der Waals surface area contributed by atoms with Crippen LogP contribution >= 0.6 is 23.2 Å². The van der Waals surface area contributed by atoms with Crippen LogP contribution in [0.25, 0.3) is 0 Å². The molecule has 1 aliphatic heterocycles. The van der Waals surface area contributed by atoms with Gasteiger partial charge < -0.3 is 9.47 Å². The lowest BCUT2D eigenvalue weighted by atomic mass is 9.97. The van der Waals surface area contributed by atoms with Gasteiger partial charge in [-0.25, -0.2) is 9.79 Å². The van der Waals surface area contributed by atoms with Gasteiger partial charge in [-0.2, -0.15) is 0 Å². The average Bonchev–Trinajstić information content (AvgIpc) is 2.73. The van der Waals surface area contributed by atoms with Crippen molar-refractivity contribution in [3.63, 3.8) is 0 Å². The summed E-state index contributed by atoms with van der Waals surface area (Å²) in [6.07, 6.45) is 0.764. The summed E-state index contributed by atoms with van der Waals surface area (Å²) in [5, 5.41) is 2.59. The van der Waals surface area contributed by atoms with E-state index in [0.29, 0.717) is 16.7 Å². The van der Waals surface area contributed by atoms with Crippen molar-refractivity contribution in [1.82, 2.24) is 5.32 Å². The molecule has 1 N–H and O–H groups in total. The second-order valence-corrected chi connectivity index (χ2v) is 8.08. The molecular weight excluding hydrogens is 457 g/mol. The summed E-state index contributed by atoms with van der Waals surface area (Å²) in [5.41, 5.74) is 2.06. The van der Waals surface area contributed by atoms with E-state index in [4.69, 9.17) is 27.9 Å². The van der Waals surface area contributed by atoms with Crippen LogP contribution in [0.15, 0.2) is 27.7 Å². The Morgan fingerprint density at radius 1 is 1.31 bits per heavy atom. The van der Waals surface area contributed by atoms with Gasteiger partial charge in [0.15, 0.2) is 11.5 Å². The molecule has 0 spiro atoms. The van der Waals surface area contributed by atoms with Gasteiger partial charge in [0.25, 0.3) is 5.91 Å². The first kappa shape index (κ1) is 25.5. The number of nitrogens with zero attached hydrogens (tertiary/aromatic N) is 2. The van der Waals surface area contributed by atoms with E-state index in [2.05, 4.69) is 20.0 Å². The minimum Gasteiger partial charge on any atom is -0.450 e. The number of aliphatic imine (C=N–C) groups is 2. The van der Waals surface area contributed by atoms with Crippen molar-refractivity contribution in [2.75, 3.05) is 13.2 Å². The van der Waals surface area contributed by atoms with Gasteiger partial charge in [0.05, 0.1) is 28.9 Å². The number of hydrogen-bond acceptors (Lipinski definition) is 7. The number of dihydropyridines is 1. The van der Waals surface area contributed by atoms with Crippen LogP contribution in [-0.4, -0.2) is 42.5 Å². The largest absolute Gasteiger partial charge is 0.450 e. The number of Topliss-reactive ketones (excluding diaryl/α,β-unsaturated/α-hetero) is 1. The number of halogens is 2. The lowest BCUT2D eigenvalue weighted by Crippen LogP contribution is -2.35. The third-order valence-corrected chi connectivity index (χ3v) is 5.38. The topological polar surface area (TPSA) is 106 Å². The van der Waals surface area contributed by atoms with Crippen molar-refractivity contribution in [3.8, 4) is 5.75 Å². The van der Waals surface area contributed by atoms with Gasteiger partial charge >= 0.3 is 6.09 Å². The molecule has 0 aliphatic carbocycles. The molecule has 1 aromatic carbocycles. The minimum atomic E-state index is -0.835. The fourth-order valence-electron chi connectivity index (χ4n) is 2.78. The molecule has 1 heterocycles. The molecule has 0 radical (unpaired) electrons. The van der Waals surface area contributed by atoms with E-state index >= 15 is 0 Å². The van der Waals surface area contributed by atoms with Gasteiger partial charge in [0.1, 0.15) is 6.54 Å². The summed E-state index contributed by atoms with van der Waals surface area (Å²) in [6, 6.07) is 1.64. The molecule has 32 heavy (non-hydrogen) atoms. The summed E-state index contributed by atoms with van der Waals surface area (Å²) >= 11 is 12.9. The summed E-state index contributed by atoms with van der Waals surface area (Å²) in [5.74, 6) is -0.183. The number of alkyl carbamates (subject to hydrolysis) is 1. The molecule has 0 bridgehead atoms. The fraction of sp³-hybridized carbons (Fsp3) is 0.409. The molecule has 0 saturated carbocycles. The van der Waals surface area contributed by atoms with E-state index in [1.165, 1.54) is 6.92 Å². The van der Waals surface area contributed by atoms with Crippen molar-refractivity contribution in [3.05, 3.63) is 38.9 Å². The van der Waals surface area contributed by atoms with Crippen LogP contribution in [0.3, 0.4) is 0 Å². The van der Waals surface area contributed by atoms with Gasteiger partial charge in [0, 0.05) is 11.6 Å². The van der Waals surface area contributed by atoms with Gasteiger partial charge in [-0.15, -0.1) is 0 Å². The second kappa shape index (κ2) is 11.2. The SMILES string of the molecule is CCOC(=O)NC(=O)C(C)=NCc1cc(Cl)c(OC2=NCC(=O)C(C(C)C)=C2)c(Cl)c1C. The third kappa shape index (κ3) is 6.40. The normalized spacial score (nSPS) is 14.1. The highest BCUT2D eigenvalue weighted by Gasteiger charge is 2.22. The maximum absolute atomic E-state index is 12.0. The second-order valence-electron chi connectivity index (χ2n) is 7.30. The van der Waals surface area contributed by atoms with Crippen LogP contribution in [0, 0.1) is 12.8 Å². The Morgan fingerprint density at radius 3 is 2.62 bits per heavy atom. The molecular formula is C22H25Cl2N3O5. The zero-order valence-corrected chi connectivity index (χ0v) is 20.1. The van der Waals surface area contributed by atoms with Crippen LogP contribution < -0.4 is 10.1 Å². The predicted molar refractivity (Wildman–Crippen MR) is 124 cm³/mol.